The van der Waals surface area contributed by atoms with E-state index in [4.69, 9.17) is 14.6 Å². The Morgan fingerprint density at radius 3 is 2.89 bits per heavy atom. The summed E-state index contributed by atoms with van der Waals surface area (Å²) in [4.78, 5) is 25.0. The van der Waals surface area contributed by atoms with E-state index >= 15 is 0 Å². The molecule has 1 rings (SSSR count). The number of hydrogen-bond donors (Lipinski definition) is 2. The Kier molecular flexibility index (Phi) is 5.87. The summed E-state index contributed by atoms with van der Waals surface area (Å²) in [5.41, 5.74) is 0. The van der Waals surface area contributed by atoms with Crippen molar-refractivity contribution in [1.82, 2.24) is 10.2 Å². The number of carbonyl (C=O) groups is 2. The Hall–Kier alpha value is -1.34. The Morgan fingerprint density at radius 1 is 1.56 bits per heavy atom. The maximum atomic E-state index is 11.9. The van der Waals surface area contributed by atoms with Gasteiger partial charge in [-0.25, -0.2) is 4.79 Å². The number of morpholine rings is 1. The third kappa shape index (κ3) is 4.15. The van der Waals surface area contributed by atoms with Gasteiger partial charge in [0, 0.05) is 12.6 Å². The fourth-order valence-electron chi connectivity index (χ4n) is 1.64. The van der Waals surface area contributed by atoms with Crippen LogP contribution in [-0.2, 0) is 14.3 Å². The quantitative estimate of drug-likeness (QED) is 0.700. The van der Waals surface area contributed by atoms with Crippen LogP contribution in [-0.4, -0.2) is 67.1 Å². The second-order valence-electron chi connectivity index (χ2n) is 4.29. The van der Waals surface area contributed by atoms with Crippen molar-refractivity contribution in [2.45, 2.75) is 25.9 Å². The largest absolute Gasteiger partial charge is 0.447 e. The van der Waals surface area contributed by atoms with Crippen LogP contribution in [0.5, 0.6) is 0 Å². The Balaban J connectivity index is 2.61. The zero-order valence-electron chi connectivity index (χ0n) is 10.7. The summed E-state index contributed by atoms with van der Waals surface area (Å²) in [6.07, 6.45) is -0.601. The molecule has 18 heavy (non-hydrogen) atoms. The first kappa shape index (κ1) is 14.7. The van der Waals surface area contributed by atoms with E-state index in [0.717, 1.165) is 0 Å². The van der Waals surface area contributed by atoms with Crippen molar-refractivity contribution in [3.8, 4) is 0 Å². The molecular weight excluding hydrogens is 240 g/mol. The molecule has 0 spiro atoms. The van der Waals surface area contributed by atoms with Crippen LogP contribution in [0.3, 0.4) is 0 Å². The van der Waals surface area contributed by atoms with Crippen LogP contribution >= 0.6 is 0 Å². The van der Waals surface area contributed by atoms with Crippen molar-refractivity contribution in [2.24, 2.45) is 0 Å². The Morgan fingerprint density at radius 2 is 2.28 bits per heavy atom. The van der Waals surface area contributed by atoms with E-state index in [1.807, 2.05) is 13.8 Å². The van der Waals surface area contributed by atoms with E-state index in [2.05, 4.69) is 5.32 Å². The lowest BCUT2D eigenvalue weighted by Gasteiger charge is -2.34. The number of nitrogens with one attached hydrogen (secondary N) is 1. The molecule has 2 amide bonds. The molecule has 1 heterocycles. The van der Waals surface area contributed by atoms with Crippen LogP contribution in [0.25, 0.3) is 0 Å². The SMILES string of the molecule is CC(C)NC(=O)C1COCCN1C(=O)OCCO. The van der Waals surface area contributed by atoms with Crippen molar-refractivity contribution in [3.05, 3.63) is 0 Å². The third-order valence-corrected chi connectivity index (χ3v) is 2.41. The normalized spacial score (nSPS) is 19.8. The number of hydrogen-bond acceptors (Lipinski definition) is 5. The monoisotopic (exact) mass is 260 g/mol. The standard InChI is InChI=1S/C11H20N2O5/c1-8(2)12-10(15)9-7-17-5-3-13(9)11(16)18-6-4-14/h8-9,14H,3-7H2,1-2H3,(H,12,15). The number of aliphatic hydroxyl groups excluding tert-OH is 1. The summed E-state index contributed by atoms with van der Waals surface area (Å²) >= 11 is 0. The molecule has 0 aromatic carbocycles. The maximum Gasteiger partial charge on any atom is 0.410 e. The summed E-state index contributed by atoms with van der Waals surface area (Å²) in [5.74, 6) is -0.259. The molecule has 2 N–H and O–H groups in total. The topological polar surface area (TPSA) is 88.1 Å². The van der Waals surface area contributed by atoms with Crippen molar-refractivity contribution < 1.29 is 24.2 Å². The maximum absolute atomic E-state index is 11.9. The molecule has 1 aliphatic rings. The second-order valence-corrected chi connectivity index (χ2v) is 4.29. The zero-order valence-corrected chi connectivity index (χ0v) is 10.7. The van der Waals surface area contributed by atoms with E-state index in [0.29, 0.717) is 13.2 Å². The first-order valence-corrected chi connectivity index (χ1v) is 5.98. The lowest BCUT2D eigenvalue weighted by Crippen LogP contribution is -2.56. The first-order chi connectivity index (χ1) is 8.56. The van der Waals surface area contributed by atoms with Crippen LogP contribution in [0.15, 0.2) is 0 Å². The van der Waals surface area contributed by atoms with E-state index in [1.54, 1.807) is 0 Å². The van der Waals surface area contributed by atoms with Gasteiger partial charge in [0.2, 0.25) is 5.91 Å². The van der Waals surface area contributed by atoms with E-state index < -0.39 is 12.1 Å². The van der Waals surface area contributed by atoms with Crippen LogP contribution in [0.1, 0.15) is 13.8 Å². The van der Waals surface area contributed by atoms with Gasteiger partial charge in [0.1, 0.15) is 12.6 Å². The van der Waals surface area contributed by atoms with Crippen LogP contribution in [0, 0.1) is 0 Å². The molecular formula is C11H20N2O5. The number of amides is 2. The van der Waals surface area contributed by atoms with Gasteiger partial charge >= 0.3 is 6.09 Å². The van der Waals surface area contributed by atoms with Gasteiger partial charge in [0.25, 0.3) is 0 Å². The first-order valence-electron chi connectivity index (χ1n) is 5.98. The molecule has 1 saturated heterocycles. The highest BCUT2D eigenvalue weighted by Crippen LogP contribution is 2.09. The van der Waals surface area contributed by atoms with E-state index in [1.165, 1.54) is 4.90 Å². The fraction of sp³-hybridized carbons (Fsp3) is 0.818. The van der Waals surface area contributed by atoms with Gasteiger partial charge in [-0.1, -0.05) is 0 Å². The van der Waals surface area contributed by atoms with E-state index in [-0.39, 0.29) is 31.8 Å². The second kappa shape index (κ2) is 7.17. The van der Waals surface area contributed by atoms with Crippen molar-refractivity contribution in [1.29, 1.82) is 0 Å². The van der Waals surface area contributed by atoms with Crippen molar-refractivity contribution >= 4 is 12.0 Å². The molecule has 0 aromatic rings. The predicted octanol–water partition coefficient (Wildman–Crippen LogP) is -0.659. The molecule has 0 radical (unpaired) electrons. The van der Waals surface area contributed by atoms with Crippen LogP contribution in [0.4, 0.5) is 4.79 Å². The highest BCUT2D eigenvalue weighted by atomic mass is 16.6. The van der Waals surface area contributed by atoms with Gasteiger partial charge < -0.3 is 19.9 Å². The molecule has 1 aliphatic heterocycles. The summed E-state index contributed by atoms with van der Waals surface area (Å²) in [7, 11) is 0. The summed E-state index contributed by atoms with van der Waals surface area (Å²) < 4.78 is 10.0. The summed E-state index contributed by atoms with van der Waals surface area (Å²) in [5, 5.41) is 11.3. The lowest BCUT2D eigenvalue weighted by atomic mass is 10.2. The van der Waals surface area contributed by atoms with Crippen LogP contribution < -0.4 is 5.32 Å². The van der Waals surface area contributed by atoms with Gasteiger partial charge in [-0.05, 0) is 13.8 Å². The molecule has 7 nitrogen and oxygen atoms in total. The molecule has 7 heteroatoms. The molecule has 0 aromatic heterocycles. The number of aliphatic hydroxyl groups is 1. The van der Waals surface area contributed by atoms with Gasteiger partial charge in [-0.2, -0.15) is 0 Å². The Labute approximate surface area is 106 Å². The molecule has 0 bridgehead atoms. The molecule has 1 atom stereocenters. The van der Waals surface area contributed by atoms with Gasteiger partial charge in [0.15, 0.2) is 0 Å². The average Bonchev–Trinajstić information content (AvgIpc) is 2.35. The molecule has 1 fully saturated rings. The smallest absolute Gasteiger partial charge is 0.410 e. The molecule has 0 saturated carbocycles. The Bertz CT molecular complexity index is 295. The minimum atomic E-state index is -0.674. The molecule has 0 aliphatic carbocycles. The zero-order chi connectivity index (χ0) is 13.5. The fourth-order valence-corrected chi connectivity index (χ4v) is 1.64. The predicted molar refractivity (Wildman–Crippen MR) is 63.0 cm³/mol. The highest BCUT2D eigenvalue weighted by Gasteiger charge is 2.33. The van der Waals surface area contributed by atoms with E-state index in [9.17, 15) is 9.59 Å². The van der Waals surface area contributed by atoms with Gasteiger partial charge in [0.05, 0.1) is 19.8 Å². The average molecular weight is 260 g/mol. The summed E-state index contributed by atoms with van der Waals surface area (Å²) in [6.45, 7) is 4.21. The number of carbonyl (C=O) groups excluding carboxylic acids is 2. The van der Waals surface area contributed by atoms with Gasteiger partial charge in [-0.15, -0.1) is 0 Å². The lowest BCUT2D eigenvalue weighted by molar-refractivity contribution is -0.132. The minimum absolute atomic E-state index is 0.00487. The molecule has 104 valence electrons. The van der Waals surface area contributed by atoms with Crippen LogP contribution in [0.2, 0.25) is 0 Å². The minimum Gasteiger partial charge on any atom is -0.447 e. The summed E-state index contributed by atoms with van der Waals surface area (Å²) in [6, 6.07) is -0.679. The number of rotatable bonds is 4. The van der Waals surface area contributed by atoms with Gasteiger partial charge in [-0.3, -0.25) is 9.69 Å². The van der Waals surface area contributed by atoms with Crippen molar-refractivity contribution in [3.63, 3.8) is 0 Å². The third-order valence-electron chi connectivity index (χ3n) is 2.41. The highest BCUT2D eigenvalue weighted by molar-refractivity contribution is 5.86. The molecule has 1 unspecified atom stereocenters. The number of ether oxygens (including phenoxy) is 2. The number of nitrogens with zero attached hydrogens (tertiary/aromatic N) is 1. The van der Waals surface area contributed by atoms with Crippen molar-refractivity contribution in [2.75, 3.05) is 33.0 Å².